The zero-order valence-electron chi connectivity index (χ0n) is 15.1. The Morgan fingerprint density at radius 3 is 2.96 bits per heavy atom. The minimum Gasteiger partial charge on any atom is -0.315 e. The highest BCUT2D eigenvalue weighted by Gasteiger charge is 2.25. The van der Waals surface area contributed by atoms with Gasteiger partial charge in [0.1, 0.15) is 0 Å². The smallest absolute Gasteiger partial charge is 0.188 e. The summed E-state index contributed by atoms with van der Waals surface area (Å²) in [7, 11) is 0. The lowest BCUT2D eigenvalue weighted by Gasteiger charge is -2.32. The van der Waals surface area contributed by atoms with Gasteiger partial charge in [0, 0.05) is 48.0 Å². The van der Waals surface area contributed by atoms with E-state index in [4.69, 9.17) is 0 Å². The number of H-pyrrole nitrogens is 1. The van der Waals surface area contributed by atoms with Gasteiger partial charge < -0.3 is 5.32 Å². The van der Waals surface area contributed by atoms with E-state index < -0.39 is 0 Å². The fraction of sp³-hybridized carbons (Fsp3) is 0.444. The van der Waals surface area contributed by atoms with E-state index in [0.717, 1.165) is 60.5 Å². The lowest BCUT2D eigenvalue weighted by atomic mass is 9.94. The van der Waals surface area contributed by atoms with E-state index in [1.54, 1.807) is 23.7 Å². The van der Waals surface area contributed by atoms with E-state index in [-0.39, 0.29) is 0 Å². The Balaban J connectivity index is 1.50. The molecule has 0 saturated carbocycles. The van der Waals surface area contributed by atoms with Crippen molar-refractivity contribution in [1.82, 2.24) is 30.0 Å². The maximum absolute atomic E-state index is 4.66. The fourth-order valence-corrected chi connectivity index (χ4v) is 4.14. The number of aromatic nitrogens is 5. The molecule has 0 unspecified atom stereocenters. The molecule has 0 amide bonds. The predicted molar refractivity (Wildman–Crippen MR) is 103 cm³/mol. The van der Waals surface area contributed by atoms with Crippen molar-refractivity contribution in [1.29, 1.82) is 0 Å². The number of nitrogens with zero attached hydrogens (tertiary/aromatic N) is 5. The van der Waals surface area contributed by atoms with Crippen LogP contribution in [0.4, 0.5) is 10.9 Å². The molecule has 3 aromatic heterocycles. The third-order valence-electron chi connectivity index (χ3n) is 4.79. The predicted octanol–water partition coefficient (Wildman–Crippen LogP) is 3.40. The second kappa shape index (κ2) is 7.51. The van der Waals surface area contributed by atoms with Crippen LogP contribution in [0.25, 0.3) is 0 Å². The molecule has 0 spiro atoms. The molecule has 0 aliphatic carbocycles. The minimum atomic E-state index is 0.369. The first kappa shape index (κ1) is 17.1. The number of aromatic amines is 1. The number of likely N-dealkylation sites (tertiary alicyclic amines) is 1. The summed E-state index contributed by atoms with van der Waals surface area (Å²) in [6.07, 6.45) is 7.74. The molecule has 0 bridgehead atoms. The molecule has 26 heavy (non-hydrogen) atoms. The van der Waals surface area contributed by atoms with Gasteiger partial charge in [0.05, 0.1) is 17.6 Å². The van der Waals surface area contributed by atoms with Gasteiger partial charge in [0.2, 0.25) is 0 Å². The molecule has 0 radical (unpaired) electrons. The zero-order chi connectivity index (χ0) is 17.9. The van der Waals surface area contributed by atoms with Crippen LogP contribution in [0, 0.1) is 13.8 Å². The van der Waals surface area contributed by atoms with E-state index in [0.29, 0.717) is 5.92 Å². The van der Waals surface area contributed by atoms with Crippen LogP contribution in [0.15, 0.2) is 24.0 Å². The van der Waals surface area contributed by atoms with Gasteiger partial charge in [0.15, 0.2) is 10.9 Å². The lowest BCUT2D eigenvalue weighted by Crippen LogP contribution is -2.34. The van der Waals surface area contributed by atoms with Gasteiger partial charge >= 0.3 is 0 Å². The zero-order valence-corrected chi connectivity index (χ0v) is 15.9. The number of hydrogen-bond acceptors (Lipinski definition) is 7. The molecule has 136 valence electrons. The molecule has 1 aliphatic heterocycles. The highest BCUT2D eigenvalue weighted by atomic mass is 32.1. The first-order chi connectivity index (χ1) is 12.7. The van der Waals surface area contributed by atoms with Crippen LogP contribution in [0.3, 0.4) is 0 Å². The van der Waals surface area contributed by atoms with E-state index in [9.17, 15) is 0 Å². The van der Waals surface area contributed by atoms with Crippen molar-refractivity contribution in [2.24, 2.45) is 0 Å². The van der Waals surface area contributed by atoms with Crippen molar-refractivity contribution in [2.45, 2.75) is 39.2 Å². The van der Waals surface area contributed by atoms with E-state index in [2.05, 4.69) is 42.3 Å². The molecule has 7 nitrogen and oxygen atoms in total. The summed E-state index contributed by atoms with van der Waals surface area (Å²) >= 11 is 1.59. The van der Waals surface area contributed by atoms with Crippen LogP contribution < -0.4 is 5.32 Å². The Kier molecular flexibility index (Phi) is 4.94. The number of piperidine rings is 1. The highest BCUT2D eigenvalue weighted by molar-refractivity contribution is 7.13. The standard InChI is InChI=1S/C18H23N7S/c1-12-11-26-18(22-12)23-17-16(19-5-6-20-17)14-4-3-7-25(9-14)10-15-8-21-24-13(15)2/h5-6,8,11,14H,3-4,7,9-10H2,1-2H3,(H,21,24)(H,20,22,23)/t14-/m1/s1. The Labute approximate surface area is 156 Å². The van der Waals surface area contributed by atoms with Crippen LogP contribution in [-0.4, -0.2) is 43.1 Å². The van der Waals surface area contributed by atoms with Crippen molar-refractivity contribution in [3.05, 3.63) is 46.6 Å². The Bertz CT molecular complexity index is 872. The van der Waals surface area contributed by atoms with Gasteiger partial charge in [-0.1, -0.05) is 0 Å². The summed E-state index contributed by atoms with van der Waals surface area (Å²) in [5.41, 5.74) is 4.46. The van der Waals surface area contributed by atoms with Gasteiger partial charge in [-0.25, -0.2) is 9.97 Å². The van der Waals surface area contributed by atoms with Crippen molar-refractivity contribution in [3.63, 3.8) is 0 Å². The number of hydrogen-bond donors (Lipinski definition) is 2. The Morgan fingerprint density at radius 2 is 2.19 bits per heavy atom. The van der Waals surface area contributed by atoms with Crippen molar-refractivity contribution < 1.29 is 0 Å². The number of rotatable bonds is 5. The first-order valence-electron chi connectivity index (χ1n) is 8.90. The normalized spacial score (nSPS) is 18.2. The molecule has 4 heterocycles. The second-order valence-electron chi connectivity index (χ2n) is 6.80. The maximum Gasteiger partial charge on any atom is 0.188 e. The van der Waals surface area contributed by atoms with Crippen LogP contribution in [0.5, 0.6) is 0 Å². The van der Waals surface area contributed by atoms with Gasteiger partial charge in [-0.2, -0.15) is 5.10 Å². The molecule has 2 N–H and O–H groups in total. The van der Waals surface area contributed by atoms with Crippen LogP contribution in [0.1, 0.15) is 41.4 Å². The third kappa shape index (κ3) is 3.76. The quantitative estimate of drug-likeness (QED) is 0.717. The number of thiazole rings is 1. The van der Waals surface area contributed by atoms with E-state index >= 15 is 0 Å². The van der Waals surface area contributed by atoms with E-state index in [1.165, 1.54) is 5.56 Å². The summed E-state index contributed by atoms with van der Waals surface area (Å²) < 4.78 is 0. The Morgan fingerprint density at radius 1 is 1.31 bits per heavy atom. The molecule has 1 saturated heterocycles. The average Bonchev–Trinajstić information content (AvgIpc) is 3.24. The fourth-order valence-electron chi connectivity index (χ4n) is 3.45. The van der Waals surface area contributed by atoms with Crippen LogP contribution >= 0.6 is 11.3 Å². The van der Waals surface area contributed by atoms with Crippen LogP contribution in [0.2, 0.25) is 0 Å². The number of anilines is 2. The Hall–Kier alpha value is -2.32. The minimum absolute atomic E-state index is 0.369. The summed E-state index contributed by atoms with van der Waals surface area (Å²) in [6.45, 7) is 7.08. The number of aryl methyl sites for hydroxylation is 2. The molecule has 0 aromatic carbocycles. The molecule has 8 heteroatoms. The average molecular weight is 369 g/mol. The topological polar surface area (TPSA) is 82.6 Å². The van der Waals surface area contributed by atoms with Crippen molar-refractivity contribution in [2.75, 3.05) is 18.4 Å². The van der Waals surface area contributed by atoms with Gasteiger partial charge in [-0.15, -0.1) is 11.3 Å². The third-order valence-corrected chi connectivity index (χ3v) is 5.67. The van der Waals surface area contributed by atoms with Crippen LogP contribution in [-0.2, 0) is 6.54 Å². The van der Waals surface area contributed by atoms with E-state index in [1.807, 2.05) is 18.5 Å². The maximum atomic E-state index is 4.66. The van der Waals surface area contributed by atoms with Crippen molar-refractivity contribution in [3.8, 4) is 0 Å². The summed E-state index contributed by atoms with van der Waals surface area (Å²) in [5.74, 6) is 1.20. The molecular formula is C18H23N7S. The van der Waals surface area contributed by atoms with Crippen molar-refractivity contribution >= 4 is 22.3 Å². The molecular weight excluding hydrogens is 346 g/mol. The molecule has 4 rings (SSSR count). The molecule has 1 aliphatic rings. The largest absolute Gasteiger partial charge is 0.315 e. The van der Waals surface area contributed by atoms with Gasteiger partial charge in [-0.3, -0.25) is 15.0 Å². The summed E-state index contributed by atoms with van der Waals surface area (Å²) in [4.78, 5) is 16.2. The highest BCUT2D eigenvalue weighted by Crippen LogP contribution is 2.31. The summed E-state index contributed by atoms with van der Waals surface area (Å²) in [6, 6.07) is 0. The number of nitrogens with one attached hydrogen (secondary N) is 2. The second-order valence-corrected chi connectivity index (χ2v) is 7.66. The molecule has 1 fully saturated rings. The van der Waals surface area contributed by atoms with Gasteiger partial charge in [0.25, 0.3) is 0 Å². The molecule has 1 atom stereocenters. The monoisotopic (exact) mass is 369 g/mol. The lowest BCUT2D eigenvalue weighted by molar-refractivity contribution is 0.198. The molecule has 3 aromatic rings. The van der Waals surface area contributed by atoms with Gasteiger partial charge in [-0.05, 0) is 33.2 Å². The first-order valence-corrected chi connectivity index (χ1v) is 9.78. The SMILES string of the molecule is Cc1csc(Nc2nccnc2[C@@H]2CCCN(Cc3cn[nH]c3C)C2)n1. The summed E-state index contributed by atoms with van der Waals surface area (Å²) in [5, 5.41) is 13.4.